The number of benzene rings is 1. The second kappa shape index (κ2) is 9.03. The van der Waals surface area contributed by atoms with Gasteiger partial charge in [0, 0.05) is 31.3 Å². The molecule has 0 aliphatic carbocycles. The Kier molecular flexibility index (Phi) is 7.03. The Labute approximate surface area is 159 Å². The molecule has 0 spiro atoms. The zero-order valence-electron chi connectivity index (χ0n) is 16.1. The summed E-state index contributed by atoms with van der Waals surface area (Å²) in [5.41, 5.74) is 3.67. The Morgan fingerprint density at radius 1 is 1.27 bits per heavy atom. The molecule has 6 heteroatoms. The lowest BCUT2D eigenvalue weighted by Gasteiger charge is -2.13. The minimum Gasteiger partial charge on any atom is -0.355 e. The van der Waals surface area contributed by atoms with Gasteiger partial charge in [-0.15, -0.1) is 0 Å². The van der Waals surface area contributed by atoms with E-state index in [2.05, 4.69) is 24.1 Å². The van der Waals surface area contributed by atoms with E-state index < -0.39 is 0 Å². The van der Waals surface area contributed by atoms with Crippen LogP contribution in [0.2, 0.25) is 0 Å². The first-order valence-electron chi connectivity index (χ1n) is 8.80. The fourth-order valence-electron chi connectivity index (χ4n) is 2.56. The van der Waals surface area contributed by atoms with Crippen molar-refractivity contribution in [3.8, 4) is 0 Å². The van der Waals surface area contributed by atoms with Crippen LogP contribution in [0.15, 0.2) is 34.2 Å². The van der Waals surface area contributed by atoms with Crippen LogP contribution >= 0.6 is 11.8 Å². The molecule has 0 unspecified atom stereocenters. The number of rotatable bonds is 7. The molecule has 1 N–H and O–H groups in total. The van der Waals surface area contributed by atoms with Gasteiger partial charge in [-0.25, -0.2) is 4.98 Å². The lowest BCUT2D eigenvalue weighted by Crippen LogP contribution is -2.30. The van der Waals surface area contributed by atoms with Crippen molar-refractivity contribution < 1.29 is 4.79 Å². The van der Waals surface area contributed by atoms with E-state index in [-0.39, 0.29) is 17.2 Å². The highest BCUT2D eigenvalue weighted by Gasteiger charge is 2.15. The quantitative estimate of drug-likeness (QED) is 0.599. The Balaban J connectivity index is 2.16. The molecule has 26 heavy (non-hydrogen) atoms. The first-order chi connectivity index (χ1) is 12.3. The van der Waals surface area contributed by atoms with Gasteiger partial charge in [0.25, 0.3) is 5.56 Å². The van der Waals surface area contributed by atoms with Crippen LogP contribution in [0.3, 0.4) is 0 Å². The monoisotopic (exact) mass is 373 g/mol. The molecule has 0 atom stereocenters. The molecular weight excluding hydrogens is 346 g/mol. The molecule has 0 radical (unpaired) electrons. The van der Waals surface area contributed by atoms with Crippen molar-refractivity contribution in [1.29, 1.82) is 0 Å². The van der Waals surface area contributed by atoms with Gasteiger partial charge in [0.05, 0.1) is 5.75 Å². The number of carbonyl (C=O) groups excluding carboxylic acids is 1. The molecular formula is C20H27N3O2S. The van der Waals surface area contributed by atoms with Crippen molar-refractivity contribution in [1.82, 2.24) is 14.9 Å². The Bertz CT molecular complexity index is 843. The van der Waals surface area contributed by atoms with Crippen LogP contribution in [-0.2, 0) is 18.3 Å². The van der Waals surface area contributed by atoms with Gasteiger partial charge < -0.3 is 5.32 Å². The fraction of sp³-hybridized carbons (Fsp3) is 0.450. The van der Waals surface area contributed by atoms with Crippen LogP contribution in [0.4, 0.5) is 0 Å². The molecule has 1 heterocycles. The van der Waals surface area contributed by atoms with Crippen LogP contribution in [0, 0.1) is 19.8 Å². The van der Waals surface area contributed by atoms with Gasteiger partial charge in [0.2, 0.25) is 5.91 Å². The molecule has 0 aliphatic heterocycles. The van der Waals surface area contributed by atoms with Gasteiger partial charge in [-0.2, -0.15) is 0 Å². The third kappa shape index (κ3) is 5.21. The van der Waals surface area contributed by atoms with E-state index in [0.29, 0.717) is 29.6 Å². The number of aryl methyl sites for hydroxylation is 2. The van der Waals surface area contributed by atoms with Gasteiger partial charge in [0.15, 0.2) is 5.16 Å². The maximum atomic E-state index is 12.8. The van der Waals surface area contributed by atoms with Crippen molar-refractivity contribution in [3.63, 3.8) is 0 Å². The third-order valence-electron chi connectivity index (χ3n) is 4.22. The predicted octanol–water partition coefficient (Wildman–Crippen LogP) is 2.85. The normalized spacial score (nSPS) is 11.0. The molecule has 1 amide bonds. The van der Waals surface area contributed by atoms with E-state index in [4.69, 9.17) is 0 Å². The summed E-state index contributed by atoms with van der Waals surface area (Å²) in [6.45, 7) is 8.66. The number of amides is 1. The number of nitrogens with one attached hydrogen (secondary N) is 1. The zero-order chi connectivity index (χ0) is 19.3. The Morgan fingerprint density at radius 2 is 1.96 bits per heavy atom. The lowest BCUT2D eigenvalue weighted by atomic mass is 10.0. The van der Waals surface area contributed by atoms with E-state index in [1.807, 2.05) is 38.1 Å². The molecule has 0 saturated heterocycles. The van der Waals surface area contributed by atoms with Gasteiger partial charge in [-0.1, -0.05) is 49.9 Å². The van der Waals surface area contributed by atoms with Crippen molar-refractivity contribution in [2.24, 2.45) is 13.0 Å². The molecule has 2 rings (SSSR count). The Morgan fingerprint density at radius 3 is 2.62 bits per heavy atom. The van der Waals surface area contributed by atoms with Crippen LogP contribution in [0.1, 0.15) is 36.2 Å². The highest BCUT2D eigenvalue weighted by molar-refractivity contribution is 7.99. The SMILES string of the molecule is Cc1ccccc1Cc1c(C)nc(SCC(=O)NCC(C)C)n(C)c1=O. The number of aromatic nitrogens is 2. The first-order valence-corrected chi connectivity index (χ1v) is 9.78. The lowest BCUT2D eigenvalue weighted by molar-refractivity contribution is -0.118. The predicted molar refractivity (Wildman–Crippen MR) is 107 cm³/mol. The third-order valence-corrected chi connectivity index (χ3v) is 5.25. The topological polar surface area (TPSA) is 64.0 Å². The zero-order valence-corrected chi connectivity index (χ0v) is 16.9. The summed E-state index contributed by atoms with van der Waals surface area (Å²) in [7, 11) is 1.71. The summed E-state index contributed by atoms with van der Waals surface area (Å²) < 4.78 is 1.54. The highest BCUT2D eigenvalue weighted by Crippen LogP contribution is 2.17. The second-order valence-corrected chi connectivity index (χ2v) is 7.85. The van der Waals surface area contributed by atoms with E-state index in [9.17, 15) is 9.59 Å². The average Bonchev–Trinajstić information content (AvgIpc) is 2.60. The number of thioether (sulfide) groups is 1. The summed E-state index contributed by atoms with van der Waals surface area (Å²) >= 11 is 1.29. The first kappa shape index (κ1) is 20.2. The van der Waals surface area contributed by atoms with Crippen LogP contribution < -0.4 is 10.9 Å². The van der Waals surface area contributed by atoms with Crippen LogP contribution in [-0.4, -0.2) is 27.8 Å². The molecule has 0 fully saturated rings. The summed E-state index contributed by atoms with van der Waals surface area (Å²) in [4.78, 5) is 29.3. The number of nitrogens with zero attached hydrogens (tertiary/aromatic N) is 2. The van der Waals surface area contributed by atoms with Crippen molar-refractivity contribution >= 4 is 17.7 Å². The van der Waals surface area contributed by atoms with Crippen molar-refractivity contribution in [3.05, 3.63) is 57.0 Å². The number of hydrogen-bond donors (Lipinski definition) is 1. The fourth-order valence-corrected chi connectivity index (χ4v) is 3.40. The van der Waals surface area contributed by atoms with Gasteiger partial charge in [0.1, 0.15) is 0 Å². The van der Waals surface area contributed by atoms with E-state index in [1.54, 1.807) is 11.6 Å². The molecule has 0 saturated carbocycles. The van der Waals surface area contributed by atoms with Crippen LogP contribution in [0.25, 0.3) is 0 Å². The summed E-state index contributed by atoms with van der Waals surface area (Å²) in [6.07, 6.45) is 0.567. The minimum absolute atomic E-state index is 0.0420. The number of hydrogen-bond acceptors (Lipinski definition) is 4. The smallest absolute Gasteiger partial charge is 0.257 e. The highest BCUT2D eigenvalue weighted by atomic mass is 32.2. The summed E-state index contributed by atoms with van der Waals surface area (Å²) in [5.74, 6) is 0.623. The van der Waals surface area contributed by atoms with E-state index in [1.165, 1.54) is 11.8 Å². The van der Waals surface area contributed by atoms with Gasteiger partial charge in [-0.3, -0.25) is 14.2 Å². The molecule has 2 aromatic rings. The molecule has 5 nitrogen and oxygen atoms in total. The summed E-state index contributed by atoms with van der Waals surface area (Å²) in [6, 6.07) is 8.06. The minimum atomic E-state index is -0.0501. The van der Waals surface area contributed by atoms with Crippen molar-refractivity contribution in [2.45, 2.75) is 39.3 Å². The summed E-state index contributed by atoms with van der Waals surface area (Å²) in [5, 5.41) is 3.45. The van der Waals surface area contributed by atoms with E-state index >= 15 is 0 Å². The molecule has 0 bridgehead atoms. The van der Waals surface area contributed by atoms with E-state index in [0.717, 1.165) is 16.8 Å². The maximum absolute atomic E-state index is 12.8. The largest absolute Gasteiger partial charge is 0.355 e. The number of carbonyl (C=O) groups is 1. The van der Waals surface area contributed by atoms with Crippen LogP contribution in [0.5, 0.6) is 0 Å². The molecule has 0 aliphatic rings. The molecule has 140 valence electrons. The van der Waals surface area contributed by atoms with Gasteiger partial charge in [-0.05, 0) is 30.9 Å². The van der Waals surface area contributed by atoms with Gasteiger partial charge >= 0.3 is 0 Å². The molecule has 1 aromatic heterocycles. The maximum Gasteiger partial charge on any atom is 0.257 e. The molecule has 1 aromatic carbocycles. The standard InChI is InChI=1S/C20H27N3O2S/c1-13(2)11-21-18(24)12-26-20-22-15(4)17(19(25)23(20)5)10-16-9-7-6-8-14(16)3/h6-9,13H,10-12H2,1-5H3,(H,21,24). The van der Waals surface area contributed by atoms with Crippen molar-refractivity contribution in [2.75, 3.05) is 12.3 Å². The average molecular weight is 374 g/mol. The second-order valence-electron chi connectivity index (χ2n) is 6.91. The Hall–Kier alpha value is -2.08.